The Balaban J connectivity index is 1.39. The molecule has 1 N–H and O–H groups in total. The van der Waals surface area contributed by atoms with Crippen LogP contribution in [0.3, 0.4) is 0 Å². The Morgan fingerprint density at radius 2 is 1.56 bits per heavy atom. The Hall–Kier alpha value is -0.0800. The molecule has 2 nitrogen and oxygen atoms in total. The van der Waals surface area contributed by atoms with Crippen LogP contribution in [-0.2, 0) is 0 Å². The highest BCUT2D eigenvalue weighted by Gasteiger charge is 2.29. The molecule has 0 spiro atoms. The van der Waals surface area contributed by atoms with Crippen molar-refractivity contribution in [3.63, 3.8) is 0 Å². The lowest BCUT2D eigenvalue weighted by Gasteiger charge is -2.23. The minimum absolute atomic E-state index is 0.973. The molecule has 1 aliphatic heterocycles. The van der Waals surface area contributed by atoms with Crippen molar-refractivity contribution in [3.8, 4) is 0 Å². The van der Waals surface area contributed by atoms with Crippen LogP contribution in [0.4, 0.5) is 0 Å². The van der Waals surface area contributed by atoms with Gasteiger partial charge in [0.1, 0.15) is 0 Å². The van der Waals surface area contributed by atoms with Gasteiger partial charge in [-0.25, -0.2) is 0 Å². The number of hydrogen-bond acceptors (Lipinski definition) is 2. The van der Waals surface area contributed by atoms with Gasteiger partial charge in [0.05, 0.1) is 0 Å². The van der Waals surface area contributed by atoms with Crippen molar-refractivity contribution >= 4 is 0 Å². The first-order chi connectivity index (χ1) is 7.90. The summed E-state index contributed by atoms with van der Waals surface area (Å²) in [5, 5.41) is 3.48. The molecule has 1 atom stereocenters. The zero-order valence-electron chi connectivity index (χ0n) is 10.5. The highest BCUT2D eigenvalue weighted by molar-refractivity contribution is 4.83. The predicted molar refractivity (Wildman–Crippen MR) is 67.5 cm³/mol. The third kappa shape index (κ3) is 3.46. The minimum atomic E-state index is 0.973. The van der Waals surface area contributed by atoms with Crippen molar-refractivity contribution in [2.24, 2.45) is 17.8 Å². The van der Waals surface area contributed by atoms with Crippen molar-refractivity contribution in [1.82, 2.24) is 10.2 Å². The Morgan fingerprint density at radius 3 is 2.06 bits per heavy atom. The maximum atomic E-state index is 3.48. The molecule has 0 amide bonds. The monoisotopic (exact) mass is 222 g/mol. The zero-order valence-corrected chi connectivity index (χ0v) is 10.5. The van der Waals surface area contributed by atoms with Crippen LogP contribution >= 0.6 is 0 Å². The molecule has 1 heterocycles. The first kappa shape index (κ1) is 11.0. The van der Waals surface area contributed by atoms with Crippen molar-refractivity contribution in [1.29, 1.82) is 0 Å². The van der Waals surface area contributed by atoms with Gasteiger partial charge in [0, 0.05) is 13.1 Å². The molecule has 0 aromatic rings. The van der Waals surface area contributed by atoms with E-state index in [-0.39, 0.29) is 0 Å². The van der Waals surface area contributed by atoms with E-state index in [0.29, 0.717) is 0 Å². The van der Waals surface area contributed by atoms with Crippen LogP contribution in [0.5, 0.6) is 0 Å². The quantitative estimate of drug-likeness (QED) is 0.710. The normalized spacial score (nSPS) is 30.2. The average molecular weight is 222 g/mol. The molecule has 3 rings (SSSR count). The van der Waals surface area contributed by atoms with E-state index in [9.17, 15) is 0 Å². The fraction of sp³-hybridized carbons (Fsp3) is 1.00. The SMILES string of the molecule is C1CC(CCN(CC2CC2)CC2CC2)CN1. The molecule has 0 aromatic carbocycles. The summed E-state index contributed by atoms with van der Waals surface area (Å²) in [6.07, 6.45) is 8.88. The summed E-state index contributed by atoms with van der Waals surface area (Å²) in [5.41, 5.74) is 0. The Bertz CT molecular complexity index is 201. The minimum Gasteiger partial charge on any atom is -0.316 e. The summed E-state index contributed by atoms with van der Waals surface area (Å²) in [7, 11) is 0. The Labute approximate surface area is 99.8 Å². The third-order valence-electron chi connectivity index (χ3n) is 4.44. The predicted octanol–water partition coefficient (Wildman–Crippen LogP) is 2.11. The fourth-order valence-electron chi connectivity index (χ4n) is 2.91. The number of hydrogen-bond donors (Lipinski definition) is 1. The van der Waals surface area contributed by atoms with E-state index in [4.69, 9.17) is 0 Å². The number of nitrogens with zero attached hydrogens (tertiary/aromatic N) is 1. The van der Waals surface area contributed by atoms with Gasteiger partial charge >= 0.3 is 0 Å². The van der Waals surface area contributed by atoms with Crippen LogP contribution in [0.2, 0.25) is 0 Å². The summed E-state index contributed by atoms with van der Waals surface area (Å²) in [5.74, 6) is 3.11. The van der Waals surface area contributed by atoms with Crippen molar-refractivity contribution in [3.05, 3.63) is 0 Å². The fourth-order valence-corrected chi connectivity index (χ4v) is 2.91. The van der Waals surface area contributed by atoms with E-state index in [1.807, 2.05) is 0 Å². The first-order valence-electron chi connectivity index (χ1n) is 7.33. The maximum absolute atomic E-state index is 3.48. The van der Waals surface area contributed by atoms with Gasteiger partial charge in [-0.2, -0.15) is 0 Å². The van der Waals surface area contributed by atoms with Gasteiger partial charge < -0.3 is 10.2 Å². The first-order valence-corrected chi connectivity index (χ1v) is 7.33. The summed E-state index contributed by atoms with van der Waals surface area (Å²) in [6, 6.07) is 0. The summed E-state index contributed by atoms with van der Waals surface area (Å²) < 4.78 is 0. The molecule has 16 heavy (non-hydrogen) atoms. The lowest BCUT2D eigenvalue weighted by atomic mass is 10.0. The largest absolute Gasteiger partial charge is 0.316 e. The highest BCUT2D eigenvalue weighted by Crippen LogP contribution is 2.34. The summed E-state index contributed by atoms with van der Waals surface area (Å²) in [6.45, 7) is 6.74. The van der Waals surface area contributed by atoms with Crippen molar-refractivity contribution in [2.75, 3.05) is 32.7 Å². The van der Waals surface area contributed by atoms with E-state index >= 15 is 0 Å². The van der Waals surface area contributed by atoms with E-state index < -0.39 is 0 Å². The zero-order chi connectivity index (χ0) is 10.8. The number of nitrogens with one attached hydrogen (secondary N) is 1. The lowest BCUT2D eigenvalue weighted by Crippen LogP contribution is -2.30. The van der Waals surface area contributed by atoms with Crippen LogP contribution in [0, 0.1) is 17.8 Å². The molecule has 0 radical (unpaired) electrons. The van der Waals surface area contributed by atoms with Gasteiger partial charge in [-0.3, -0.25) is 0 Å². The number of rotatable bonds is 7. The Kier molecular flexibility index (Phi) is 3.49. The van der Waals surface area contributed by atoms with Crippen molar-refractivity contribution < 1.29 is 0 Å². The summed E-state index contributed by atoms with van der Waals surface area (Å²) in [4.78, 5) is 2.79. The molecule has 0 bridgehead atoms. The van der Waals surface area contributed by atoms with Gasteiger partial charge in [-0.05, 0) is 75.9 Å². The van der Waals surface area contributed by atoms with Crippen molar-refractivity contribution in [2.45, 2.75) is 38.5 Å². The van der Waals surface area contributed by atoms with Gasteiger partial charge in [0.25, 0.3) is 0 Å². The van der Waals surface area contributed by atoms with Crippen LogP contribution < -0.4 is 5.32 Å². The molecule has 2 aliphatic carbocycles. The second-order valence-corrected chi connectivity index (χ2v) is 6.29. The van der Waals surface area contributed by atoms with Crippen LogP contribution in [0.1, 0.15) is 38.5 Å². The Morgan fingerprint density at radius 1 is 0.875 bits per heavy atom. The molecule has 3 aliphatic rings. The standard InChI is InChI=1S/C14H26N2/c1-2-13(1)10-16(11-14-3-4-14)8-6-12-5-7-15-9-12/h12-15H,1-11H2. The van der Waals surface area contributed by atoms with E-state index in [0.717, 1.165) is 17.8 Å². The van der Waals surface area contributed by atoms with Gasteiger partial charge in [0.2, 0.25) is 0 Å². The smallest absolute Gasteiger partial charge is 0.000978 e. The van der Waals surface area contributed by atoms with E-state index in [2.05, 4.69) is 10.2 Å². The highest BCUT2D eigenvalue weighted by atomic mass is 15.1. The topological polar surface area (TPSA) is 15.3 Å². The van der Waals surface area contributed by atoms with Crippen LogP contribution in [0.25, 0.3) is 0 Å². The van der Waals surface area contributed by atoms with Crippen LogP contribution in [-0.4, -0.2) is 37.6 Å². The molecular formula is C14H26N2. The van der Waals surface area contributed by atoms with Gasteiger partial charge in [-0.1, -0.05) is 0 Å². The molecule has 2 saturated carbocycles. The third-order valence-corrected chi connectivity index (χ3v) is 4.44. The second-order valence-electron chi connectivity index (χ2n) is 6.29. The maximum Gasteiger partial charge on any atom is 0.000978 e. The molecule has 1 saturated heterocycles. The van der Waals surface area contributed by atoms with Crippen LogP contribution in [0.15, 0.2) is 0 Å². The molecule has 1 unspecified atom stereocenters. The molecule has 2 heteroatoms. The van der Waals surface area contributed by atoms with E-state index in [1.54, 1.807) is 0 Å². The molecule has 3 fully saturated rings. The second kappa shape index (κ2) is 5.05. The lowest BCUT2D eigenvalue weighted by molar-refractivity contribution is 0.235. The molecular weight excluding hydrogens is 196 g/mol. The average Bonchev–Trinajstić information content (AvgIpc) is 3.20. The molecule has 92 valence electrons. The molecule has 0 aromatic heterocycles. The van der Waals surface area contributed by atoms with Gasteiger partial charge in [-0.15, -0.1) is 0 Å². The van der Waals surface area contributed by atoms with Gasteiger partial charge in [0.15, 0.2) is 0 Å². The van der Waals surface area contributed by atoms with E-state index in [1.165, 1.54) is 71.2 Å². The summed E-state index contributed by atoms with van der Waals surface area (Å²) >= 11 is 0.